The van der Waals surface area contributed by atoms with E-state index in [4.69, 9.17) is 9.47 Å². The smallest absolute Gasteiger partial charge is 0.101 e. The molecule has 1 atom stereocenters. The van der Waals surface area contributed by atoms with Gasteiger partial charge in [0.1, 0.15) is 13.5 Å². The molecule has 17 heavy (non-hydrogen) atoms. The van der Waals surface area contributed by atoms with E-state index in [0.29, 0.717) is 20.0 Å². The number of rotatable bonds is 12. The molecule has 0 rings (SSSR count). The van der Waals surface area contributed by atoms with Crippen molar-refractivity contribution >= 4 is 0 Å². The van der Waals surface area contributed by atoms with Crippen LogP contribution in [0.15, 0.2) is 0 Å². The highest BCUT2D eigenvalue weighted by molar-refractivity contribution is 4.54. The first-order valence-electron chi connectivity index (χ1n) is 6.76. The molecule has 1 N–H and O–H groups in total. The van der Waals surface area contributed by atoms with E-state index < -0.39 is 0 Å². The third-order valence-electron chi connectivity index (χ3n) is 2.35. The van der Waals surface area contributed by atoms with Crippen molar-refractivity contribution in [3.63, 3.8) is 0 Å². The van der Waals surface area contributed by atoms with Gasteiger partial charge in [-0.15, -0.1) is 0 Å². The summed E-state index contributed by atoms with van der Waals surface area (Å²) in [5.74, 6) is 0. The van der Waals surface area contributed by atoms with Crippen LogP contribution in [0.25, 0.3) is 0 Å². The lowest BCUT2D eigenvalue weighted by Crippen LogP contribution is -2.35. The van der Waals surface area contributed by atoms with Gasteiger partial charge in [0.05, 0.1) is 6.10 Å². The number of hydrogen-bond donors (Lipinski definition) is 1. The minimum atomic E-state index is -0.348. The molecule has 0 aliphatic carbocycles. The lowest BCUT2D eigenvalue weighted by molar-refractivity contribution is -0.0600. The summed E-state index contributed by atoms with van der Waals surface area (Å²) in [6.07, 6.45) is 4.10. The number of aliphatic hydroxyl groups excluding tert-OH is 1. The summed E-state index contributed by atoms with van der Waals surface area (Å²) in [5, 5.41) is 9.38. The van der Waals surface area contributed by atoms with Crippen molar-refractivity contribution in [1.29, 1.82) is 0 Å². The minimum Gasteiger partial charge on any atom is -0.392 e. The molecule has 0 radical (unpaired) electrons. The summed E-state index contributed by atoms with van der Waals surface area (Å²) in [4.78, 5) is 2.00. The molecule has 4 nitrogen and oxygen atoms in total. The van der Waals surface area contributed by atoms with Gasteiger partial charge in [-0.1, -0.05) is 26.7 Å². The minimum absolute atomic E-state index is 0.348. The quantitative estimate of drug-likeness (QED) is 0.424. The molecule has 0 saturated carbocycles. The maximum atomic E-state index is 9.38. The SMILES string of the molecule is CCCCOCN(COCCCC)CC(C)O. The monoisotopic (exact) mass is 247 g/mol. The van der Waals surface area contributed by atoms with E-state index in [-0.39, 0.29) is 6.10 Å². The van der Waals surface area contributed by atoms with Crippen molar-refractivity contribution in [3.8, 4) is 0 Å². The summed E-state index contributed by atoms with van der Waals surface area (Å²) in [7, 11) is 0. The average molecular weight is 247 g/mol. The zero-order chi connectivity index (χ0) is 12.9. The molecule has 1 unspecified atom stereocenters. The zero-order valence-electron chi connectivity index (χ0n) is 11.7. The van der Waals surface area contributed by atoms with E-state index >= 15 is 0 Å². The number of nitrogens with zero attached hydrogens (tertiary/aromatic N) is 1. The first-order valence-corrected chi connectivity index (χ1v) is 6.76. The van der Waals surface area contributed by atoms with E-state index in [1.807, 2.05) is 4.90 Å². The Morgan fingerprint density at radius 1 is 1.00 bits per heavy atom. The van der Waals surface area contributed by atoms with Crippen LogP contribution in [0.3, 0.4) is 0 Å². The summed E-state index contributed by atoms with van der Waals surface area (Å²) in [6.45, 7) is 9.30. The van der Waals surface area contributed by atoms with Crippen LogP contribution in [0, 0.1) is 0 Å². The molecular weight excluding hydrogens is 218 g/mol. The van der Waals surface area contributed by atoms with E-state index in [0.717, 1.165) is 38.9 Å². The maximum absolute atomic E-state index is 9.38. The van der Waals surface area contributed by atoms with Gasteiger partial charge in [0.15, 0.2) is 0 Å². The van der Waals surface area contributed by atoms with E-state index in [1.165, 1.54) is 0 Å². The molecule has 104 valence electrons. The average Bonchev–Trinajstić information content (AvgIpc) is 2.29. The predicted molar refractivity (Wildman–Crippen MR) is 69.8 cm³/mol. The van der Waals surface area contributed by atoms with Gasteiger partial charge in [0.2, 0.25) is 0 Å². The van der Waals surface area contributed by atoms with Crippen molar-refractivity contribution < 1.29 is 14.6 Å². The third-order valence-corrected chi connectivity index (χ3v) is 2.35. The fourth-order valence-electron chi connectivity index (χ4n) is 1.40. The third kappa shape index (κ3) is 12.1. The molecule has 0 aliphatic heterocycles. The van der Waals surface area contributed by atoms with Gasteiger partial charge < -0.3 is 14.6 Å². The molecule has 0 bridgehead atoms. The Balaban J connectivity index is 3.64. The first kappa shape index (κ1) is 16.8. The van der Waals surface area contributed by atoms with Crippen molar-refractivity contribution in [2.24, 2.45) is 0 Å². The molecule has 4 heteroatoms. The number of ether oxygens (including phenoxy) is 2. The second kappa shape index (κ2) is 12.3. The van der Waals surface area contributed by atoms with Crippen LogP contribution in [-0.4, -0.2) is 49.3 Å². The van der Waals surface area contributed by atoms with Gasteiger partial charge in [-0.05, 0) is 19.8 Å². The highest BCUT2D eigenvalue weighted by Crippen LogP contribution is 1.97. The molecular formula is C13H29NO3. The van der Waals surface area contributed by atoms with Crippen molar-refractivity contribution in [2.75, 3.05) is 33.2 Å². The predicted octanol–water partition coefficient (Wildman–Crippen LogP) is 2.22. The molecule has 0 aromatic rings. The Bertz CT molecular complexity index is 142. The van der Waals surface area contributed by atoms with Gasteiger partial charge in [-0.25, -0.2) is 0 Å². The van der Waals surface area contributed by atoms with Crippen molar-refractivity contribution in [1.82, 2.24) is 4.90 Å². The topological polar surface area (TPSA) is 41.9 Å². The normalized spacial score (nSPS) is 13.2. The van der Waals surface area contributed by atoms with Gasteiger partial charge in [0.25, 0.3) is 0 Å². The molecule has 0 aliphatic rings. The van der Waals surface area contributed by atoms with Crippen LogP contribution >= 0.6 is 0 Å². The second-order valence-corrected chi connectivity index (χ2v) is 4.48. The van der Waals surface area contributed by atoms with Gasteiger partial charge in [-0.3, -0.25) is 4.90 Å². The van der Waals surface area contributed by atoms with Crippen LogP contribution in [0.4, 0.5) is 0 Å². The Hall–Kier alpha value is -0.160. The maximum Gasteiger partial charge on any atom is 0.101 e. The molecule has 0 heterocycles. The Labute approximate surface area is 106 Å². The fraction of sp³-hybridized carbons (Fsp3) is 1.00. The van der Waals surface area contributed by atoms with Crippen LogP contribution in [0.2, 0.25) is 0 Å². The largest absolute Gasteiger partial charge is 0.392 e. The summed E-state index contributed by atoms with van der Waals surface area (Å²) >= 11 is 0. The molecule has 0 spiro atoms. The summed E-state index contributed by atoms with van der Waals surface area (Å²) in [6, 6.07) is 0. The van der Waals surface area contributed by atoms with Crippen molar-refractivity contribution in [2.45, 2.75) is 52.6 Å². The summed E-state index contributed by atoms with van der Waals surface area (Å²) < 4.78 is 11.1. The van der Waals surface area contributed by atoms with Gasteiger partial charge >= 0.3 is 0 Å². The molecule has 0 amide bonds. The standard InChI is InChI=1S/C13H29NO3/c1-4-6-8-16-11-14(10-13(3)15)12-17-9-7-5-2/h13,15H,4-12H2,1-3H3. The fourth-order valence-corrected chi connectivity index (χ4v) is 1.40. The molecule has 0 aromatic heterocycles. The molecule has 0 fully saturated rings. The summed E-state index contributed by atoms with van der Waals surface area (Å²) in [5.41, 5.74) is 0. The number of unbranched alkanes of at least 4 members (excludes halogenated alkanes) is 2. The Kier molecular flexibility index (Phi) is 12.2. The molecule has 0 aromatic carbocycles. The number of hydrogen-bond acceptors (Lipinski definition) is 4. The van der Waals surface area contributed by atoms with Gasteiger partial charge in [0, 0.05) is 19.8 Å². The van der Waals surface area contributed by atoms with E-state index in [1.54, 1.807) is 6.92 Å². The van der Waals surface area contributed by atoms with E-state index in [2.05, 4.69) is 13.8 Å². The van der Waals surface area contributed by atoms with Crippen LogP contribution in [0.1, 0.15) is 46.5 Å². The Morgan fingerprint density at radius 2 is 1.47 bits per heavy atom. The van der Waals surface area contributed by atoms with E-state index in [9.17, 15) is 5.11 Å². The van der Waals surface area contributed by atoms with Crippen LogP contribution < -0.4 is 0 Å². The first-order chi connectivity index (χ1) is 8.20. The lowest BCUT2D eigenvalue weighted by Gasteiger charge is -2.23. The highest BCUT2D eigenvalue weighted by atomic mass is 16.5. The highest BCUT2D eigenvalue weighted by Gasteiger charge is 2.08. The zero-order valence-corrected chi connectivity index (χ0v) is 11.7. The lowest BCUT2D eigenvalue weighted by atomic mass is 10.4. The number of aliphatic hydroxyl groups is 1. The van der Waals surface area contributed by atoms with Crippen molar-refractivity contribution in [3.05, 3.63) is 0 Å². The second-order valence-electron chi connectivity index (χ2n) is 4.48. The van der Waals surface area contributed by atoms with Gasteiger partial charge in [-0.2, -0.15) is 0 Å². The Morgan fingerprint density at radius 3 is 1.82 bits per heavy atom. The molecule has 0 saturated heterocycles. The van der Waals surface area contributed by atoms with Crippen LogP contribution in [0.5, 0.6) is 0 Å². The van der Waals surface area contributed by atoms with Crippen LogP contribution in [-0.2, 0) is 9.47 Å².